The van der Waals surface area contributed by atoms with Crippen molar-refractivity contribution in [3.05, 3.63) is 46.5 Å². The molecule has 1 aromatic carbocycles. The zero-order valence-electron chi connectivity index (χ0n) is 8.84. The smallest absolute Gasteiger partial charge is 0.349 e. The number of carbonyl (C=O) groups excluding carboxylic acids is 1. The van der Waals surface area contributed by atoms with E-state index in [9.17, 15) is 4.79 Å². The molecule has 0 spiro atoms. The summed E-state index contributed by atoms with van der Waals surface area (Å²) >= 11 is 5.40. The molecule has 0 radical (unpaired) electrons. The maximum atomic E-state index is 11.1. The number of rotatable bonds is 3. The van der Waals surface area contributed by atoms with Crippen LogP contribution in [0.2, 0.25) is 0 Å². The number of hydrogen-bond acceptors (Lipinski definition) is 2. The molecule has 0 heterocycles. The SMILES string of the molecule is C=C(Cl)C(=O)OCc1cccc(C)c1C. The van der Waals surface area contributed by atoms with Gasteiger partial charge in [0.25, 0.3) is 0 Å². The number of ether oxygens (including phenoxy) is 1. The van der Waals surface area contributed by atoms with Gasteiger partial charge in [0, 0.05) is 0 Å². The number of esters is 1. The summed E-state index contributed by atoms with van der Waals surface area (Å²) in [6.45, 7) is 7.54. The molecular weight excluding hydrogens is 212 g/mol. The maximum Gasteiger partial charge on any atom is 0.349 e. The van der Waals surface area contributed by atoms with E-state index in [4.69, 9.17) is 16.3 Å². The van der Waals surface area contributed by atoms with Crippen molar-refractivity contribution in [2.45, 2.75) is 20.5 Å². The van der Waals surface area contributed by atoms with E-state index < -0.39 is 5.97 Å². The lowest BCUT2D eigenvalue weighted by Crippen LogP contribution is -2.05. The molecule has 0 N–H and O–H groups in total. The molecule has 80 valence electrons. The van der Waals surface area contributed by atoms with Crippen molar-refractivity contribution in [1.29, 1.82) is 0 Å². The molecule has 0 atom stereocenters. The maximum absolute atomic E-state index is 11.1. The highest BCUT2D eigenvalue weighted by Crippen LogP contribution is 2.14. The molecule has 0 saturated heterocycles. The third-order valence-corrected chi connectivity index (χ3v) is 2.45. The first kappa shape index (κ1) is 11.8. The normalized spacial score (nSPS) is 9.80. The summed E-state index contributed by atoms with van der Waals surface area (Å²) in [5.74, 6) is -0.572. The Bertz CT molecular complexity index is 397. The van der Waals surface area contributed by atoms with Crippen LogP contribution in [0.3, 0.4) is 0 Å². The van der Waals surface area contributed by atoms with Crippen LogP contribution >= 0.6 is 11.6 Å². The second-order valence-electron chi connectivity index (χ2n) is 3.34. The van der Waals surface area contributed by atoms with Crippen LogP contribution in [-0.2, 0) is 16.1 Å². The van der Waals surface area contributed by atoms with Crippen molar-refractivity contribution in [1.82, 2.24) is 0 Å². The van der Waals surface area contributed by atoms with Crippen LogP contribution in [0.1, 0.15) is 16.7 Å². The Morgan fingerprint density at radius 3 is 2.73 bits per heavy atom. The molecule has 0 aliphatic rings. The van der Waals surface area contributed by atoms with Crippen LogP contribution in [0.25, 0.3) is 0 Å². The molecule has 0 unspecified atom stereocenters. The Labute approximate surface area is 94.5 Å². The Hall–Kier alpha value is -1.28. The van der Waals surface area contributed by atoms with E-state index in [-0.39, 0.29) is 11.6 Å². The molecule has 0 aliphatic carbocycles. The fraction of sp³-hybridized carbons (Fsp3) is 0.250. The van der Waals surface area contributed by atoms with Crippen LogP contribution in [0.15, 0.2) is 29.8 Å². The molecule has 0 aliphatic heterocycles. The highest BCUT2D eigenvalue weighted by atomic mass is 35.5. The van der Waals surface area contributed by atoms with Crippen molar-refractivity contribution in [2.24, 2.45) is 0 Å². The van der Waals surface area contributed by atoms with Crippen molar-refractivity contribution >= 4 is 17.6 Å². The molecule has 0 bridgehead atoms. The van der Waals surface area contributed by atoms with E-state index in [1.54, 1.807) is 0 Å². The Morgan fingerprint density at radius 2 is 2.13 bits per heavy atom. The van der Waals surface area contributed by atoms with E-state index in [1.807, 2.05) is 32.0 Å². The molecule has 1 aromatic rings. The lowest BCUT2D eigenvalue weighted by molar-refractivity contribution is -0.139. The van der Waals surface area contributed by atoms with Crippen LogP contribution in [-0.4, -0.2) is 5.97 Å². The molecule has 0 amide bonds. The summed E-state index contributed by atoms with van der Waals surface area (Å²) in [6.07, 6.45) is 0. The predicted octanol–water partition coefficient (Wildman–Crippen LogP) is 3.10. The molecular formula is C12H13ClO2. The number of aryl methyl sites for hydroxylation is 1. The number of carbonyl (C=O) groups is 1. The minimum Gasteiger partial charge on any atom is -0.457 e. The monoisotopic (exact) mass is 224 g/mol. The topological polar surface area (TPSA) is 26.3 Å². The summed E-state index contributed by atoms with van der Waals surface area (Å²) in [7, 11) is 0. The second kappa shape index (κ2) is 4.99. The van der Waals surface area contributed by atoms with Gasteiger partial charge in [-0.25, -0.2) is 4.79 Å². The zero-order chi connectivity index (χ0) is 11.4. The first-order chi connectivity index (χ1) is 7.02. The molecule has 15 heavy (non-hydrogen) atoms. The van der Waals surface area contributed by atoms with Gasteiger partial charge < -0.3 is 4.74 Å². The summed E-state index contributed by atoms with van der Waals surface area (Å²) in [5, 5.41) is -0.0969. The van der Waals surface area contributed by atoms with Crippen molar-refractivity contribution in [2.75, 3.05) is 0 Å². The fourth-order valence-electron chi connectivity index (χ4n) is 1.19. The number of hydrogen-bond donors (Lipinski definition) is 0. The van der Waals surface area contributed by atoms with Crippen molar-refractivity contribution in [3.63, 3.8) is 0 Å². The average Bonchev–Trinajstić information content (AvgIpc) is 2.19. The summed E-state index contributed by atoms with van der Waals surface area (Å²) in [6, 6.07) is 5.87. The minimum atomic E-state index is -0.572. The van der Waals surface area contributed by atoms with Gasteiger partial charge in [-0.15, -0.1) is 0 Å². The van der Waals surface area contributed by atoms with E-state index >= 15 is 0 Å². The zero-order valence-corrected chi connectivity index (χ0v) is 9.60. The summed E-state index contributed by atoms with van der Waals surface area (Å²) < 4.78 is 4.95. The standard InChI is InChI=1S/C12H13ClO2/c1-8-5-4-6-11(9(8)2)7-15-12(14)10(3)13/h4-6H,3,7H2,1-2H3. The van der Waals surface area contributed by atoms with Gasteiger partial charge in [-0.2, -0.15) is 0 Å². The van der Waals surface area contributed by atoms with Crippen molar-refractivity contribution in [3.8, 4) is 0 Å². The minimum absolute atomic E-state index is 0.0969. The van der Waals surface area contributed by atoms with Gasteiger partial charge in [-0.1, -0.05) is 36.4 Å². The number of benzene rings is 1. The highest BCUT2D eigenvalue weighted by Gasteiger charge is 2.07. The lowest BCUT2D eigenvalue weighted by atomic mass is 10.0. The molecule has 0 saturated carbocycles. The van der Waals surface area contributed by atoms with Gasteiger partial charge in [0.15, 0.2) is 0 Å². The first-order valence-electron chi connectivity index (χ1n) is 4.59. The third kappa shape index (κ3) is 3.10. The van der Waals surface area contributed by atoms with Gasteiger partial charge in [-0.3, -0.25) is 0 Å². The van der Waals surface area contributed by atoms with E-state index in [0.29, 0.717) is 0 Å². The van der Waals surface area contributed by atoms with E-state index in [1.165, 1.54) is 5.56 Å². The molecule has 2 nitrogen and oxygen atoms in total. The van der Waals surface area contributed by atoms with Crippen LogP contribution in [0.4, 0.5) is 0 Å². The van der Waals surface area contributed by atoms with Gasteiger partial charge in [-0.05, 0) is 30.5 Å². The highest BCUT2D eigenvalue weighted by molar-refractivity contribution is 6.40. The van der Waals surface area contributed by atoms with Gasteiger partial charge in [0.05, 0.1) is 0 Å². The molecule has 0 aromatic heterocycles. The third-order valence-electron chi connectivity index (χ3n) is 2.30. The van der Waals surface area contributed by atoms with Gasteiger partial charge in [0.2, 0.25) is 0 Å². The van der Waals surface area contributed by atoms with E-state index in [2.05, 4.69) is 6.58 Å². The largest absolute Gasteiger partial charge is 0.457 e. The second-order valence-corrected chi connectivity index (χ2v) is 3.80. The molecule has 0 fully saturated rings. The average molecular weight is 225 g/mol. The van der Waals surface area contributed by atoms with Crippen LogP contribution in [0.5, 0.6) is 0 Å². The lowest BCUT2D eigenvalue weighted by Gasteiger charge is -2.08. The summed E-state index contributed by atoms with van der Waals surface area (Å²) in [4.78, 5) is 11.1. The Morgan fingerprint density at radius 1 is 1.47 bits per heavy atom. The Balaban J connectivity index is 2.70. The first-order valence-corrected chi connectivity index (χ1v) is 4.96. The van der Waals surface area contributed by atoms with E-state index in [0.717, 1.165) is 11.1 Å². The fourth-order valence-corrected chi connectivity index (χ4v) is 1.24. The molecule has 1 rings (SSSR count). The van der Waals surface area contributed by atoms with Gasteiger partial charge >= 0.3 is 5.97 Å². The van der Waals surface area contributed by atoms with Crippen LogP contribution in [0, 0.1) is 13.8 Å². The van der Waals surface area contributed by atoms with Gasteiger partial charge in [0.1, 0.15) is 11.6 Å². The van der Waals surface area contributed by atoms with Crippen LogP contribution < -0.4 is 0 Å². The quantitative estimate of drug-likeness (QED) is 0.583. The molecule has 3 heteroatoms. The summed E-state index contributed by atoms with van der Waals surface area (Å²) in [5.41, 5.74) is 3.29. The number of halogens is 1. The Kier molecular flexibility index (Phi) is 3.92. The predicted molar refractivity (Wildman–Crippen MR) is 60.7 cm³/mol. The van der Waals surface area contributed by atoms with Crippen molar-refractivity contribution < 1.29 is 9.53 Å².